The molecule has 4 nitrogen and oxygen atoms in total. The first-order valence-electron chi connectivity index (χ1n) is 10.2. The van der Waals surface area contributed by atoms with Crippen molar-refractivity contribution in [2.45, 2.75) is 57.8 Å². The van der Waals surface area contributed by atoms with Crippen LogP contribution in [0.1, 0.15) is 57.8 Å². The van der Waals surface area contributed by atoms with Crippen molar-refractivity contribution in [3.63, 3.8) is 0 Å². The standard InChI is InChI=1S/C23H34N2O2/c24-20-10-14-22(15-11-20)26-18-8-6-4-2-1-3-5-7-9-19-27-23-16-12-21(25)13-17-23/h10-17H,1-9,18-19,24-25H2. The molecule has 2 rings (SSSR count). The summed E-state index contributed by atoms with van der Waals surface area (Å²) in [6, 6.07) is 15.2. The first-order valence-corrected chi connectivity index (χ1v) is 10.2. The fourth-order valence-corrected chi connectivity index (χ4v) is 2.95. The number of hydrogen-bond donors (Lipinski definition) is 2. The van der Waals surface area contributed by atoms with Crippen molar-refractivity contribution in [1.82, 2.24) is 0 Å². The number of rotatable bonds is 14. The number of nitrogens with two attached hydrogens (primary N) is 2. The summed E-state index contributed by atoms with van der Waals surface area (Å²) in [6.45, 7) is 1.58. The third-order valence-corrected chi connectivity index (χ3v) is 4.59. The molecule has 2 aromatic rings. The molecule has 0 heterocycles. The molecule has 0 aliphatic rings. The zero-order chi connectivity index (χ0) is 19.2. The molecule has 0 saturated carbocycles. The van der Waals surface area contributed by atoms with Crippen molar-refractivity contribution in [3.8, 4) is 11.5 Å². The van der Waals surface area contributed by atoms with Crippen LogP contribution < -0.4 is 20.9 Å². The van der Waals surface area contributed by atoms with Gasteiger partial charge in [0.1, 0.15) is 11.5 Å². The lowest BCUT2D eigenvalue weighted by Gasteiger charge is -2.07. The van der Waals surface area contributed by atoms with Crippen LogP contribution in [-0.4, -0.2) is 13.2 Å². The lowest BCUT2D eigenvalue weighted by atomic mass is 10.1. The Morgan fingerprint density at radius 1 is 0.444 bits per heavy atom. The topological polar surface area (TPSA) is 70.5 Å². The summed E-state index contributed by atoms with van der Waals surface area (Å²) in [5.74, 6) is 1.81. The molecule has 148 valence electrons. The van der Waals surface area contributed by atoms with Gasteiger partial charge in [-0.05, 0) is 61.4 Å². The number of hydrogen-bond acceptors (Lipinski definition) is 4. The van der Waals surface area contributed by atoms with Crippen molar-refractivity contribution in [2.24, 2.45) is 0 Å². The van der Waals surface area contributed by atoms with Crippen LogP contribution in [0.25, 0.3) is 0 Å². The van der Waals surface area contributed by atoms with Gasteiger partial charge in [-0.25, -0.2) is 0 Å². The van der Waals surface area contributed by atoms with Gasteiger partial charge in [-0.3, -0.25) is 0 Å². The highest BCUT2D eigenvalue weighted by molar-refractivity contribution is 5.42. The Kier molecular flexibility index (Phi) is 10.0. The molecule has 0 bridgehead atoms. The van der Waals surface area contributed by atoms with Crippen molar-refractivity contribution in [2.75, 3.05) is 24.7 Å². The molecule has 0 spiro atoms. The van der Waals surface area contributed by atoms with E-state index in [1.807, 2.05) is 48.5 Å². The highest BCUT2D eigenvalue weighted by Gasteiger charge is 1.97. The first-order chi connectivity index (χ1) is 13.2. The Bertz CT molecular complexity index is 556. The number of unbranched alkanes of at least 4 members (excludes halogenated alkanes) is 8. The predicted molar refractivity (Wildman–Crippen MR) is 114 cm³/mol. The Labute approximate surface area is 163 Å². The largest absolute Gasteiger partial charge is 0.494 e. The van der Waals surface area contributed by atoms with E-state index in [1.165, 1.54) is 44.9 Å². The maximum absolute atomic E-state index is 5.71. The van der Waals surface area contributed by atoms with E-state index in [9.17, 15) is 0 Å². The van der Waals surface area contributed by atoms with E-state index in [0.717, 1.165) is 48.9 Å². The summed E-state index contributed by atoms with van der Waals surface area (Å²) >= 11 is 0. The van der Waals surface area contributed by atoms with Gasteiger partial charge in [-0.2, -0.15) is 0 Å². The van der Waals surface area contributed by atoms with E-state index in [0.29, 0.717) is 0 Å². The molecule has 27 heavy (non-hydrogen) atoms. The van der Waals surface area contributed by atoms with E-state index in [-0.39, 0.29) is 0 Å². The molecular weight excluding hydrogens is 336 g/mol. The maximum atomic E-state index is 5.71. The van der Waals surface area contributed by atoms with Crippen molar-refractivity contribution in [1.29, 1.82) is 0 Å². The molecule has 2 aromatic carbocycles. The minimum Gasteiger partial charge on any atom is -0.494 e. The van der Waals surface area contributed by atoms with E-state index in [1.54, 1.807) is 0 Å². The van der Waals surface area contributed by atoms with Crippen LogP contribution in [-0.2, 0) is 0 Å². The lowest BCUT2D eigenvalue weighted by molar-refractivity contribution is 0.302. The van der Waals surface area contributed by atoms with E-state index in [4.69, 9.17) is 20.9 Å². The van der Waals surface area contributed by atoms with Crippen LogP contribution in [0.15, 0.2) is 48.5 Å². The van der Waals surface area contributed by atoms with Crippen LogP contribution in [0.4, 0.5) is 11.4 Å². The Morgan fingerprint density at radius 3 is 1.07 bits per heavy atom. The van der Waals surface area contributed by atoms with Gasteiger partial charge in [0.25, 0.3) is 0 Å². The summed E-state index contributed by atoms with van der Waals surface area (Å²) in [5, 5.41) is 0. The van der Waals surface area contributed by atoms with Gasteiger partial charge >= 0.3 is 0 Å². The normalized spacial score (nSPS) is 10.7. The molecule has 4 heteroatoms. The zero-order valence-electron chi connectivity index (χ0n) is 16.4. The molecular formula is C23H34N2O2. The molecule has 0 atom stereocenters. The third kappa shape index (κ3) is 9.78. The maximum Gasteiger partial charge on any atom is 0.119 e. The van der Waals surface area contributed by atoms with Gasteiger partial charge in [-0.15, -0.1) is 0 Å². The van der Waals surface area contributed by atoms with Crippen molar-refractivity contribution in [3.05, 3.63) is 48.5 Å². The van der Waals surface area contributed by atoms with Crippen LogP contribution in [0.2, 0.25) is 0 Å². The predicted octanol–water partition coefficient (Wildman–Crippen LogP) is 5.82. The Morgan fingerprint density at radius 2 is 0.741 bits per heavy atom. The van der Waals surface area contributed by atoms with Crippen LogP contribution in [0.5, 0.6) is 11.5 Å². The number of anilines is 2. The highest BCUT2D eigenvalue weighted by atomic mass is 16.5. The number of nitrogen functional groups attached to an aromatic ring is 2. The molecule has 0 aliphatic carbocycles. The van der Waals surface area contributed by atoms with Gasteiger partial charge < -0.3 is 20.9 Å². The number of benzene rings is 2. The molecule has 0 amide bonds. The quantitative estimate of drug-likeness (QED) is 0.325. The van der Waals surface area contributed by atoms with Gasteiger partial charge in [-0.1, -0.05) is 44.9 Å². The summed E-state index contributed by atoms with van der Waals surface area (Å²) in [4.78, 5) is 0. The smallest absolute Gasteiger partial charge is 0.119 e. The van der Waals surface area contributed by atoms with Gasteiger partial charge in [0, 0.05) is 11.4 Å². The minimum atomic E-state index is 0.775. The fourth-order valence-electron chi connectivity index (χ4n) is 2.95. The van der Waals surface area contributed by atoms with Crippen LogP contribution >= 0.6 is 0 Å². The van der Waals surface area contributed by atoms with Gasteiger partial charge in [0.2, 0.25) is 0 Å². The summed E-state index contributed by atoms with van der Waals surface area (Å²) < 4.78 is 11.4. The summed E-state index contributed by atoms with van der Waals surface area (Å²) in [5.41, 5.74) is 12.9. The van der Waals surface area contributed by atoms with E-state index < -0.39 is 0 Å². The Hall–Kier alpha value is -2.36. The monoisotopic (exact) mass is 370 g/mol. The lowest BCUT2D eigenvalue weighted by Crippen LogP contribution is -1.98. The van der Waals surface area contributed by atoms with Crippen LogP contribution in [0, 0.1) is 0 Å². The van der Waals surface area contributed by atoms with Crippen molar-refractivity contribution < 1.29 is 9.47 Å². The summed E-state index contributed by atoms with van der Waals surface area (Å²) in [6.07, 6.45) is 11.3. The molecule has 4 N–H and O–H groups in total. The molecule has 0 unspecified atom stereocenters. The third-order valence-electron chi connectivity index (χ3n) is 4.59. The second-order valence-electron chi connectivity index (χ2n) is 7.02. The zero-order valence-corrected chi connectivity index (χ0v) is 16.4. The average molecular weight is 371 g/mol. The molecule has 0 fully saturated rings. The molecule has 0 radical (unpaired) electrons. The summed E-state index contributed by atoms with van der Waals surface area (Å²) in [7, 11) is 0. The van der Waals surface area contributed by atoms with Crippen molar-refractivity contribution >= 4 is 11.4 Å². The molecule has 0 aromatic heterocycles. The first kappa shape index (κ1) is 20.9. The second kappa shape index (κ2) is 12.9. The Balaban J connectivity index is 1.32. The van der Waals surface area contributed by atoms with E-state index in [2.05, 4.69) is 0 Å². The fraction of sp³-hybridized carbons (Fsp3) is 0.478. The minimum absolute atomic E-state index is 0.775. The van der Waals surface area contributed by atoms with Crippen LogP contribution in [0.3, 0.4) is 0 Å². The van der Waals surface area contributed by atoms with Gasteiger partial charge in [0.15, 0.2) is 0 Å². The van der Waals surface area contributed by atoms with Gasteiger partial charge in [0.05, 0.1) is 13.2 Å². The SMILES string of the molecule is Nc1ccc(OCCCCCCCCCCCOc2ccc(N)cc2)cc1. The molecule has 0 saturated heterocycles. The number of ether oxygens (including phenoxy) is 2. The van der Waals surface area contributed by atoms with E-state index >= 15 is 0 Å². The average Bonchev–Trinajstić information content (AvgIpc) is 2.68. The molecule has 0 aliphatic heterocycles. The highest BCUT2D eigenvalue weighted by Crippen LogP contribution is 2.15. The second-order valence-corrected chi connectivity index (χ2v) is 7.02.